The van der Waals surface area contributed by atoms with Crippen molar-refractivity contribution in [1.29, 1.82) is 0 Å². The smallest absolute Gasteiger partial charge is 0.487 e. The van der Waals surface area contributed by atoms with E-state index in [0.717, 1.165) is 26.1 Å². The fraction of sp³-hybridized carbons (Fsp3) is 0.474. The maximum atomic E-state index is 15.3. The molecule has 29 heavy (non-hydrogen) atoms. The summed E-state index contributed by atoms with van der Waals surface area (Å²) < 4.78 is 27.6. The Balaban J connectivity index is 0.00000205. The van der Waals surface area contributed by atoms with E-state index in [0.29, 0.717) is 30.1 Å². The maximum absolute atomic E-state index is 15.3. The molecule has 3 aliphatic rings. The van der Waals surface area contributed by atoms with Crippen LogP contribution in [0.4, 0.5) is 14.9 Å². The van der Waals surface area contributed by atoms with Gasteiger partial charge >= 0.3 is 6.16 Å². The third kappa shape index (κ3) is 3.00. The minimum absolute atomic E-state index is 0. The molecular formula is C19H21ClFN3O5. The number of nitrogens with zero attached hydrogens (tertiary/aromatic N) is 3. The van der Waals surface area contributed by atoms with Gasteiger partial charge in [-0.1, -0.05) is 0 Å². The Hall–Kier alpha value is -2.52. The van der Waals surface area contributed by atoms with Gasteiger partial charge in [-0.2, -0.15) is 0 Å². The minimum atomic E-state index is -1.58. The molecular weight excluding hydrogens is 405 g/mol. The summed E-state index contributed by atoms with van der Waals surface area (Å²) in [5.41, 5.74) is 0.216. The van der Waals surface area contributed by atoms with Gasteiger partial charge in [-0.05, 0) is 19.4 Å². The van der Waals surface area contributed by atoms with Crippen molar-refractivity contribution in [3.63, 3.8) is 0 Å². The fourth-order valence-electron chi connectivity index (χ4n) is 4.62. The second kappa shape index (κ2) is 7.07. The van der Waals surface area contributed by atoms with Crippen molar-refractivity contribution >= 4 is 35.2 Å². The van der Waals surface area contributed by atoms with Gasteiger partial charge in [0.25, 0.3) is 0 Å². The van der Waals surface area contributed by atoms with E-state index in [1.165, 1.54) is 12.3 Å². The highest BCUT2D eigenvalue weighted by Gasteiger charge is 2.37. The molecule has 2 saturated heterocycles. The van der Waals surface area contributed by atoms with E-state index < -0.39 is 17.4 Å². The minimum Gasteiger partial charge on any atom is -0.487 e. The van der Waals surface area contributed by atoms with E-state index in [9.17, 15) is 9.59 Å². The average Bonchev–Trinajstić information content (AvgIpc) is 3.03. The summed E-state index contributed by atoms with van der Waals surface area (Å²) in [6, 6.07) is 1.24. The molecule has 10 heteroatoms. The number of fused-ring (bicyclic) bond motifs is 2. The molecule has 2 aromatic rings. The first kappa shape index (κ1) is 19.8. The SMILES string of the molecule is CC1COc2c(N3CCN4CCC3C4)c(F)cc3c(=O)c(OC(=O)O)cn1c23.Cl. The Morgan fingerprint density at radius 1 is 1.34 bits per heavy atom. The molecule has 5 rings (SSSR count). The number of halogens is 2. The number of carboxylic acid groups (broad SMARTS) is 1. The number of benzene rings is 1. The van der Waals surface area contributed by atoms with Crippen molar-refractivity contribution < 1.29 is 23.8 Å². The number of piperazine rings is 1. The Morgan fingerprint density at radius 3 is 2.90 bits per heavy atom. The van der Waals surface area contributed by atoms with Crippen molar-refractivity contribution in [2.75, 3.05) is 37.7 Å². The summed E-state index contributed by atoms with van der Waals surface area (Å²) in [7, 11) is 0. The van der Waals surface area contributed by atoms with E-state index in [4.69, 9.17) is 9.84 Å². The van der Waals surface area contributed by atoms with E-state index >= 15 is 4.39 Å². The lowest BCUT2D eigenvalue weighted by Crippen LogP contribution is -2.47. The number of hydrogen-bond acceptors (Lipinski definition) is 6. The first-order chi connectivity index (χ1) is 13.4. The fourth-order valence-corrected chi connectivity index (χ4v) is 4.62. The van der Waals surface area contributed by atoms with E-state index in [2.05, 4.69) is 14.5 Å². The lowest BCUT2D eigenvalue weighted by atomic mass is 10.1. The summed E-state index contributed by atoms with van der Waals surface area (Å²) in [5, 5.41) is 8.97. The number of rotatable bonds is 2. The third-order valence-electron chi connectivity index (χ3n) is 5.94. The second-order valence-electron chi connectivity index (χ2n) is 7.63. The number of aromatic nitrogens is 1. The first-order valence-corrected chi connectivity index (χ1v) is 9.38. The van der Waals surface area contributed by atoms with Crippen molar-refractivity contribution in [2.45, 2.75) is 25.4 Å². The van der Waals surface area contributed by atoms with Gasteiger partial charge in [0.15, 0.2) is 17.3 Å². The topological polar surface area (TPSA) is 84.2 Å². The zero-order valence-electron chi connectivity index (χ0n) is 15.8. The molecule has 0 spiro atoms. The molecule has 0 aliphatic carbocycles. The summed E-state index contributed by atoms with van der Waals surface area (Å²) in [4.78, 5) is 28.1. The molecule has 0 saturated carbocycles. The summed E-state index contributed by atoms with van der Waals surface area (Å²) in [6.07, 6.45) is 0.760. The Bertz CT molecular complexity index is 1060. The number of anilines is 1. The summed E-state index contributed by atoms with van der Waals surface area (Å²) >= 11 is 0. The zero-order valence-corrected chi connectivity index (χ0v) is 16.6. The van der Waals surface area contributed by atoms with Crippen LogP contribution in [0.5, 0.6) is 11.5 Å². The van der Waals surface area contributed by atoms with Gasteiger partial charge in [0, 0.05) is 32.2 Å². The van der Waals surface area contributed by atoms with Crippen LogP contribution >= 0.6 is 12.4 Å². The Kier molecular flexibility index (Phi) is 4.82. The number of pyridine rings is 1. The van der Waals surface area contributed by atoms with Crippen LogP contribution in [0.15, 0.2) is 17.1 Å². The van der Waals surface area contributed by atoms with E-state index in [1.54, 1.807) is 4.57 Å². The maximum Gasteiger partial charge on any atom is 0.511 e. The van der Waals surface area contributed by atoms with Gasteiger partial charge < -0.3 is 24.0 Å². The van der Waals surface area contributed by atoms with Crippen molar-refractivity contribution in [3.8, 4) is 11.5 Å². The molecule has 2 bridgehead atoms. The number of carbonyl (C=O) groups is 1. The van der Waals surface area contributed by atoms with Crippen molar-refractivity contribution in [3.05, 3.63) is 28.3 Å². The van der Waals surface area contributed by atoms with Crippen LogP contribution in [0, 0.1) is 5.82 Å². The third-order valence-corrected chi connectivity index (χ3v) is 5.94. The molecule has 3 atom stereocenters. The summed E-state index contributed by atoms with van der Waals surface area (Å²) in [5.74, 6) is -0.516. The number of ether oxygens (including phenoxy) is 2. The highest BCUT2D eigenvalue weighted by atomic mass is 35.5. The van der Waals surface area contributed by atoms with E-state index in [-0.39, 0.29) is 35.6 Å². The molecule has 1 N–H and O–H groups in total. The Morgan fingerprint density at radius 2 is 2.14 bits per heavy atom. The highest BCUT2D eigenvalue weighted by Crippen LogP contribution is 2.44. The predicted molar refractivity (Wildman–Crippen MR) is 106 cm³/mol. The van der Waals surface area contributed by atoms with Gasteiger partial charge in [0.05, 0.1) is 23.1 Å². The van der Waals surface area contributed by atoms with Crippen LogP contribution < -0.4 is 19.8 Å². The van der Waals surface area contributed by atoms with Gasteiger partial charge in [0.1, 0.15) is 12.3 Å². The van der Waals surface area contributed by atoms with Gasteiger partial charge in [-0.25, -0.2) is 9.18 Å². The molecule has 3 unspecified atom stereocenters. The van der Waals surface area contributed by atoms with Crippen molar-refractivity contribution in [2.24, 2.45) is 0 Å². The van der Waals surface area contributed by atoms with Crippen LogP contribution in [0.1, 0.15) is 19.4 Å². The lowest BCUT2D eigenvalue weighted by molar-refractivity contribution is 0.143. The molecule has 3 aliphatic heterocycles. The molecule has 8 nitrogen and oxygen atoms in total. The predicted octanol–water partition coefficient (Wildman–Crippen LogP) is 2.47. The highest BCUT2D eigenvalue weighted by molar-refractivity contribution is 5.93. The molecule has 156 valence electrons. The molecule has 4 heterocycles. The van der Waals surface area contributed by atoms with Crippen molar-refractivity contribution in [1.82, 2.24) is 9.47 Å². The van der Waals surface area contributed by atoms with Gasteiger partial charge in [-0.3, -0.25) is 9.69 Å². The molecule has 1 aromatic carbocycles. The zero-order chi connectivity index (χ0) is 19.6. The van der Waals surface area contributed by atoms with Crippen LogP contribution in [0.25, 0.3) is 10.9 Å². The quantitative estimate of drug-likeness (QED) is 0.740. The summed E-state index contributed by atoms with van der Waals surface area (Å²) in [6.45, 7) is 5.63. The molecule has 0 amide bonds. The molecule has 0 radical (unpaired) electrons. The van der Waals surface area contributed by atoms with E-state index in [1.807, 2.05) is 6.92 Å². The average molecular weight is 426 g/mol. The number of hydrogen-bond donors (Lipinski definition) is 1. The monoisotopic (exact) mass is 425 g/mol. The standard InChI is InChI=1S/C19H20FN3O5.ClH/c1-10-9-27-18-15-12(17(24)14(8-23(10)15)28-19(25)26)6-13(20)16(18)22-5-4-21-3-2-11(22)7-21;/h6,8,10-11H,2-5,7,9H2,1H3,(H,25,26);1H. The first-order valence-electron chi connectivity index (χ1n) is 9.38. The van der Waals surface area contributed by atoms with Crippen LogP contribution in [0.2, 0.25) is 0 Å². The largest absolute Gasteiger partial charge is 0.511 e. The lowest BCUT2D eigenvalue weighted by Gasteiger charge is -2.38. The van der Waals surface area contributed by atoms with Gasteiger partial charge in [-0.15, -0.1) is 12.4 Å². The molecule has 1 aromatic heterocycles. The van der Waals surface area contributed by atoms with Gasteiger partial charge in [0.2, 0.25) is 5.43 Å². The van der Waals surface area contributed by atoms with Crippen LogP contribution in [-0.4, -0.2) is 59.6 Å². The van der Waals surface area contributed by atoms with Crippen LogP contribution in [-0.2, 0) is 0 Å². The van der Waals surface area contributed by atoms with Crippen LogP contribution in [0.3, 0.4) is 0 Å². The second-order valence-corrected chi connectivity index (χ2v) is 7.63. The normalized spacial score (nSPS) is 24.8. The molecule has 2 fully saturated rings. The Labute approximate surface area is 171 Å².